The highest BCUT2D eigenvalue weighted by Crippen LogP contribution is 2.36. The maximum atomic E-state index is 14.5. The largest absolute Gasteiger partial charge is 0.461 e. The minimum atomic E-state index is -3.95. The molecule has 3 aromatic carbocycles. The summed E-state index contributed by atoms with van der Waals surface area (Å²) in [7, 11) is -3.95. The Labute approximate surface area is 270 Å². The summed E-state index contributed by atoms with van der Waals surface area (Å²) in [5, 5.41) is 2.72. The Kier molecular flexibility index (Phi) is 8.84. The van der Waals surface area contributed by atoms with E-state index >= 15 is 0 Å². The lowest BCUT2D eigenvalue weighted by Gasteiger charge is -2.38. The molecule has 0 spiro atoms. The number of fused-ring (bicyclic) bond motifs is 1. The third kappa shape index (κ3) is 5.90. The summed E-state index contributed by atoms with van der Waals surface area (Å²) >= 11 is 4.92. The van der Waals surface area contributed by atoms with E-state index in [-0.39, 0.29) is 17.3 Å². The number of sulfonamides is 1. The molecular formula is C34H34BrN3O4S2. The van der Waals surface area contributed by atoms with Crippen molar-refractivity contribution in [2.45, 2.75) is 31.6 Å². The number of nitrogens with zero attached hydrogens (tertiary/aromatic N) is 3. The van der Waals surface area contributed by atoms with Crippen molar-refractivity contribution in [1.29, 1.82) is 0 Å². The van der Waals surface area contributed by atoms with Crippen molar-refractivity contribution in [3.63, 3.8) is 0 Å². The molecular weight excluding hydrogens is 658 g/mol. The Balaban J connectivity index is 1.34. The highest BCUT2D eigenvalue weighted by molar-refractivity contribution is 9.10. The van der Waals surface area contributed by atoms with E-state index in [9.17, 15) is 13.2 Å². The van der Waals surface area contributed by atoms with E-state index in [4.69, 9.17) is 4.42 Å². The number of halogens is 1. The van der Waals surface area contributed by atoms with E-state index in [2.05, 4.69) is 20.8 Å². The van der Waals surface area contributed by atoms with E-state index < -0.39 is 10.0 Å². The molecule has 1 aliphatic rings. The normalized spacial score (nSPS) is 13.9. The van der Waals surface area contributed by atoms with Gasteiger partial charge in [0.1, 0.15) is 16.2 Å². The SMILES string of the molecule is CCc1oc2ccc(S(=O)(=O)N(CCc3ccccc3)c3ccccc3N3CCN(C(=O)c4sccc4Br)CC3)cc2c1C. The van der Waals surface area contributed by atoms with E-state index in [1.807, 2.05) is 84.8 Å². The zero-order valence-electron chi connectivity index (χ0n) is 24.7. The molecule has 0 aliphatic carbocycles. The molecule has 1 aliphatic heterocycles. The monoisotopic (exact) mass is 691 g/mol. The van der Waals surface area contributed by atoms with Gasteiger partial charge in [-0.2, -0.15) is 0 Å². The number of hydrogen-bond acceptors (Lipinski definition) is 6. The lowest BCUT2D eigenvalue weighted by atomic mass is 10.1. The van der Waals surface area contributed by atoms with Gasteiger partial charge in [-0.15, -0.1) is 11.3 Å². The van der Waals surface area contributed by atoms with Gasteiger partial charge in [0.25, 0.3) is 15.9 Å². The lowest BCUT2D eigenvalue weighted by Crippen LogP contribution is -2.49. The summed E-state index contributed by atoms with van der Waals surface area (Å²) in [6.07, 6.45) is 1.29. The number of aryl methyl sites for hydroxylation is 2. The number of carbonyl (C=O) groups excluding carboxylic acids is 1. The van der Waals surface area contributed by atoms with E-state index in [1.165, 1.54) is 11.3 Å². The van der Waals surface area contributed by atoms with E-state index in [1.54, 1.807) is 22.5 Å². The molecule has 10 heteroatoms. The van der Waals surface area contributed by atoms with Gasteiger partial charge in [0.2, 0.25) is 0 Å². The van der Waals surface area contributed by atoms with Crippen LogP contribution in [0.15, 0.2) is 98.0 Å². The number of amides is 1. The number of rotatable bonds is 9. The van der Waals surface area contributed by atoms with Crippen LogP contribution in [-0.2, 0) is 22.9 Å². The van der Waals surface area contributed by atoms with E-state index in [0.29, 0.717) is 48.7 Å². The van der Waals surface area contributed by atoms with Crippen molar-refractivity contribution >= 4 is 65.5 Å². The smallest absolute Gasteiger partial charge is 0.265 e. The van der Waals surface area contributed by atoms with Gasteiger partial charge < -0.3 is 14.2 Å². The number of carbonyl (C=O) groups is 1. The van der Waals surface area contributed by atoms with Crippen molar-refractivity contribution in [1.82, 2.24) is 4.90 Å². The second kappa shape index (κ2) is 12.8. The fourth-order valence-corrected chi connectivity index (χ4v) is 8.82. The van der Waals surface area contributed by atoms with E-state index in [0.717, 1.165) is 38.9 Å². The molecule has 0 saturated carbocycles. The molecule has 44 heavy (non-hydrogen) atoms. The van der Waals surface area contributed by atoms with Gasteiger partial charge in [-0.3, -0.25) is 9.10 Å². The van der Waals surface area contributed by atoms with Crippen LogP contribution in [0.1, 0.15) is 33.5 Å². The van der Waals surface area contributed by atoms with Crippen LogP contribution in [0.4, 0.5) is 11.4 Å². The maximum Gasteiger partial charge on any atom is 0.265 e. The Morgan fingerprint density at radius 2 is 1.70 bits per heavy atom. The second-order valence-electron chi connectivity index (χ2n) is 10.8. The number of para-hydroxylation sites is 2. The van der Waals surface area contributed by atoms with Crippen LogP contribution in [0.3, 0.4) is 0 Å². The van der Waals surface area contributed by atoms with Crippen molar-refractivity contribution in [2.75, 3.05) is 41.9 Å². The molecule has 3 heterocycles. The van der Waals surface area contributed by atoms with Gasteiger partial charge in [0.15, 0.2) is 0 Å². The standard InChI is InChI=1S/C34H34BrN3O4S2/c1-3-31-24(2)27-23-26(13-14-32(27)42-31)44(40,41)38(17-15-25-9-5-4-6-10-25)30-12-8-7-11-29(30)36-18-20-37(21-19-36)34(39)33-28(35)16-22-43-33/h4-14,16,22-23H,3,15,17-21H2,1-2H3. The van der Waals surface area contributed by atoms with Gasteiger partial charge in [-0.25, -0.2) is 8.42 Å². The highest BCUT2D eigenvalue weighted by Gasteiger charge is 2.31. The van der Waals surface area contributed by atoms with Crippen molar-refractivity contribution in [3.8, 4) is 0 Å². The maximum absolute atomic E-state index is 14.5. The molecule has 2 aromatic heterocycles. The van der Waals surface area contributed by atoms with Gasteiger partial charge in [0.05, 0.1) is 16.3 Å². The third-order valence-electron chi connectivity index (χ3n) is 8.23. The Hall–Kier alpha value is -3.60. The number of piperazine rings is 1. The van der Waals surface area contributed by atoms with Crippen LogP contribution < -0.4 is 9.21 Å². The molecule has 0 N–H and O–H groups in total. The van der Waals surface area contributed by atoms with Crippen LogP contribution in [0.2, 0.25) is 0 Å². The fraction of sp³-hybridized carbons (Fsp3) is 0.265. The molecule has 6 rings (SSSR count). The first-order valence-electron chi connectivity index (χ1n) is 14.7. The summed E-state index contributed by atoms with van der Waals surface area (Å²) in [5.41, 5.74) is 4.19. The number of thiophene rings is 1. The number of hydrogen-bond donors (Lipinski definition) is 0. The molecule has 0 atom stereocenters. The number of benzene rings is 3. The van der Waals surface area contributed by atoms with Gasteiger partial charge >= 0.3 is 0 Å². The fourth-order valence-electron chi connectivity index (χ4n) is 5.80. The summed E-state index contributed by atoms with van der Waals surface area (Å²) < 4.78 is 37.4. The molecule has 1 amide bonds. The minimum absolute atomic E-state index is 0.0167. The average molecular weight is 693 g/mol. The predicted molar refractivity (Wildman–Crippen MR) is 182 cm³/mol. The predicted octanol–water partition coefficient (Wildman–Crippen LogP) is 7.53. The topological polar surface area (TPSA) is 74.1 Å². The first-order chi connectivity index (χ1) is 21.3. The first-order valence-corrected chi connectivity index (χ1v) is 17.8. The average Bonchev–Trinajstić information content (AvgIpc) is 3.63. The molecule has 0 bridgehead atoms. The third-order valence-corrected chi connectivity index (χ3v) is 11.9. The van der Waals surface area contributed by atoms with Crippen molar-refractivity contribution in [2.24, 2.45) is 0 Å². The van der Waals surface area contributed by atoms with Crippen LogP contribution in [0.25, 0.3) is 11.0 Å². The van der Waals surface area contributed by atoms with Crippen LogP contribution in [-0.4, -0.2) is 51.9 Å². The summed E-state index contributed by atoms with van der Waals surface area (Å²) in [4.78, 5) is 18.1. The quantitative estimate of drug-likeness (QED) is 0.160. The van der Waals surface area contributed by atoms with Crippen LogP contribution in [0.5, 0.6) is 0 Å². The van der Waals surface area contributed by atoms with Gasteiger partial charge in [-0.1, -0.05) is 49.4 Å². The molecule has 5 aromatic rings. The zero-order chi connectivity index (χ0) is 30.8. The van der Waals surface area contributed by atoms with Crippen LogP contribution in [0, 0.1) is 6.92 Å². The summed E-state index contributed by atoms with van der Waals surface area (Å²) in [6, 6.07) is 24.7. The Bertz CT molecular complexity index is 1890. The van der Waals surface area contributed by atoms with Gasteiger partial charge in [0, 0.05) is 49.0 Å². The molecule has 0 unspecified atom stereocenters. The zero-order valence-corrected chi connectivity index (χ0v) is 27.9. The van der Waals surface area contributed by atoms with Crippen molar-refractivity contribution in [3.05, 3.63) is 110 Å². The highest BCUT2D eigenvalue weighted by atomic mass is 79.9. The number of anilines is 2. The first kappa shape index (κ1) is 30.4. The number of furan rings is 1. The van der Waals surface area contributed by atoms with Gasteiger partial charge in [-0.05, 0) is 82.2 Å². The molecule has 0 radical (unpaired) electrons. The summed E-state index contributed by atoms with van der Waals surface area (Å²) in [5.74, 6) is 0.882. The Morgan fingerprint density at radius 3 is 2.41 bits per heavy atom. The second-order valence-corrected chi connectivity index (χ2v) is 14.5. The molecule has 7 nitrogen and oxygen atoms in total. The molecule has 1 fully saturated rings. The Morgan fingerprint density at radius 1 is 0.977 bits per heavy atom. The van der Waals surface area contributed by atoms with Crippen molar-refractivity contribution < 1.29 is 17.6 Å². The minimum Gasteiger partial charge on any atom is -0.461 e. The molecule has 228 valence electrons. The summed E-state index contributed by atoms with van der Waals surface area (Å²) in [6.45, 7) is 6.56. The molecule has 1 saturated heterocycles. The lowest BCUT2D eigenvalue weighted by molar-refractivity contribution is 0.0751. The van der Waals surface area contributed by atoms with Crippen LogP contribution >= 0.6 is 27.3 Å².